The fourth-order valence-corrected chi connectivity index (χ4v) is 8.50. The lowest BCUT2D eigenvalue weighted by molar-refractivity contribution is -0.161. The van der Waals surface area contributed by atoms with Crippen LogP contribution in [0.25, 0.3) is 0 Å². The average molecular weight is 518 g/mol. The largest absolute Gasteiger partial charge is 0.329 e. The molecule has 1 atom stereocenters. The van der Waals surface area contributed by atoms with Gasteiger partial charge in [0.2, 0.25) is 17.7 Å². The van der Waals surface area contributed by atoms with Gasteiger partial charge in [0.05, 0.1) is 17.5 Å². The maximum Gasteiger partial charge on any atom is 0.257 e. The lowest BCUT2D eigenvalue weighted by Crippen LogP contribution is -2.57. The van der Waals surface area contributed by atoms with E-state index in [2.05, 4.69) is 11.4 Å². The summed E-state index contributed by atoms with van der Waals surface area (Å²) in [6, 6.07) is 6.00. The molecule has 4 amide bonds. The minimum atomic E-state index is -0.748. The van der Waals surface area contributed by atoms with Crippen LogP contribution >= 0.6 is 0 Å². The van der Waals surface area contributed by atoms with Crippen LogP contribution in [0.4, 0.5) is 11.4 Å². The van der Waals surface area contributed by atoms with Gasteiger partial charge in [0.1, 0.15) is 6.04 Å². The third kappa shape index (κ3) is 4.69. The van der Waals surface area contributed by atoms with Gasteiger partial charge in [0.15, 0.2) is 0 Å². The van der Waals surface area contributed by atoms with E-state index in [0.29, 0.717) is 35.7 Å². The Bertz CT molecular complexity index is 1130. The molecule has 0 spiro atoms. The summed E-state index contributed by atoms with van der Waals surface area (Å²) in [7, 11) is 0. The van der Waals surface area contributed by atoms with Crippen LogP contribution in [0.1, 0.15) is 84.0 Å². The molecule has 38 heavy (non-hydrogen) atoms. The first-order valence-electron chi connectivity index (χ1n) is 14.5. The number of amides is 4. The summed E-state index contributed by atoms with van der Waals surface area (Å²) >= 11 is 0. The first-order chi connectivity index (χ1) is 18.3. The van der Waals surface area contributed by atoms with E-state index in [-0.39, 0.29) is 35.5 Å². The fourth-order valence-electron chi connectivity index (χ4n) is 8.50. The number of hydrogen-bond donors (Lipinski definition) is 1. The summed E-state index contributed by atoms with van der Waals surface area (Å²) < 4.78 is 0. The van der Waals surface area contributed by atoms with Crippen LogP contribution in [-0.2, 0) is 19.2 Å². The molecule has 7 nitrogen and oxygen atoms in total. The van der Waals surface area contributed by atoms with E-state index in [1.165, 1.54) is 49.5 Å². The van der Waals surface area contributed by atoms with E-state index in [4.69, 9.17) is 0 Å². The van der Waals surface area contributed by atoms with Crippen LogP contribution < -0.4 is 10.2 Å². The second-order valence-corrected chi connectivity index (χ2v) is 12.6. The number of hydrogen-bond acceptors (Lipinski definition) is 4. The molecule has 0 radical (unpaired) electrons. The number of anilines is 2. The topological polar surface area (TPSA) is 86.8 Å². The molecule has 0 aromatic heterocycles. The second-order valence-electron chi connectivity index (χ2n) is 12.6. The van der Waals surface area contributed by atoms with Crippen LogP contribution in [0.3, 0.4) is 0 Å². The van der Waals surface area contributed by atoms with Gasteiger partial charge < -0.3 is 10.2 Å². The van der Waals surface area contributed by atoms with E-state index < -0.39 is 6.04 Å². The van der Waals surface area contributed by atoms with E-state index in [1.54, 1.807) is 24.3 Å². The van der Waals surface area contributed by atoms with Gasteiger partial charge in [-0.1, -0.05) is 11.6 Å². The van der Waals surface area contributed by atoms with Crippen molar-refractivity contribution in [2.75, 3.05) is 16.8 Å². The maximum absolute atomic E-state index is 14.5. The summed E-state index contributed by atoms with van der Waals surface area (Å²) in [5, 5.41) is 2.71. The van der Waals surface area contributed by atoms with Crippen molar-refractivity contribution in [3.63, 3.8) is 0 Å². The zero-order valence-corrected chi connectivity index (χ0v) is 22.4. The number of nitrogens with zero attached hydrogens (tertiary/aromatic N) is 2. The van der Waals surface area contributed by atoms with Crippen molar-refractivity contribution >= 4 is 35.0 Å². The van der Waals surface area contributed by atoms with E-state index in [1.807, 2.05) is 4.90 Å². The number of nitrogens with one attached hydrogen (secondary N) is 1. The summed E-state index contributed by atoms with van der Waals surface area (Å²) in [5.74, 6) is 1.26. The van der Waals surface area contributed by atoms with Gasteiger partial charge in [-0.15, -0.1) is 0 Å². The monoisotopic (exact) mass is 517 g/mol. The summed E-state index contributed by atoms with van der Waals surface area (Å²) in [6.45, 7) is 1.94. The number of carbonyl (C=O) groups is 4. The maximum atomic E-state index is 14.5. The molecule has 1 saturated heterocycles. The molecular weight excluding hydrogens is 478 g/mol. The van der Waals surface area contributed by atoms with Crippen LogP contribution in [-0.4, -0.2) is 41.1 Å². The molecule has 1 N–H and O–H groups in total. The Morgan fingerprint density at radius 2 is 1.66 bits per heavy atom. The zero-order chi connectivity index (χ0) is 26.4. The Morgan fingerprint density at radius 1 is 1.00 bits per heavy atom. The summed E-state index contributed by atoms with van der Waals surface area (Å²) in [5.41, 5.74) is 2.11. The van der Waals surface area contributed by atoms with E-state index in [9.17, 15) is 19.2 Å². The van der Waals surface area contributed by atoms with Gasteiger partial charge >= 0.3 is 0 Å². The first kappa shape index (κ1) is 25.3. The number of benzene rings is 1. The molecule has 4 bridgehead atoms. The molecule has 7 heteroatoms. The smallest absolute Gasteiger partial charge is 0.257 e. The Kier molecular flexibility index (Phi) is 6.65. The van der Waals surface area contributed by atoms with Crippen molar-refractivity contribution < 1.29 is 19.2 Å². The molecule has 1 heterocycles. The number of imide groups is 1. The Hall–Kier alpha value is -2.96. The minimum Gasteiger partial charge on any atom is -0.329 e. The Labute approximate surface area is 225 Å². The third-order valence-corrected chi connectivity index (χ3v) is 9.76. The minimum absolute atomic E-state index is 0.0312. The lowest BCUT2D eigenvalue weighted by atomic mass is 9.49. The van der Waals surface area contributed by atoms with Gasteiger partial charge in [-0.3, -0.25) is 19.2 Å². The van der Waals surface area contributed by atoms with Crippen LogP contribution in [0, 0.1) is 23.2 Å². The molecule has 4 saturated carbocycles. The quantitative estimate of drug-likeness (QED) is 0.397. The van der Waals surface area contributed by atoms with Crippen molar-refractivity contribution in [2.24, 2.45) is 23.2 Å². The molecule has 1 aromatic carbocycles. The van der Waals surface area contributed by atoms with Crippen LogP contribution in [0.2, 0.25) is 0 Å². The average Bonchev–Trinajstić information content (AvgIpc) is 3.17. The van der Waals surface area contributed by atoms with Crippen molar-refractivity contribution in [1.29, 1.82) is 0 Å². The van der Waals surface area contributed by atoms with Gasteiger partial charge in [-0.05, 0) is 113 Å². The SMILES string of the molecule is CC(=O)Nc1ccc(N2C(=O)CC(N(CCC3=CCCCC3)C(=O)C34CC5CC(CC(C5)C3)C4)C2=O)cc1. The summed E-state index contributed by atoms with van der Waals surface area (Å²) in [6.07, 6.45) is 14.2. The molecular formula is C31H39N3O4. The normalized spacial score (nSPS) is 31.9. The summed E-state index contributed by atoms with van der Waals surface area (Å²) in [4.78, 5) is 56.0. The Morgan fingerprint density at radius 3 is 2.24 bits per heavy atom. The van der Waals surface area contributed by atoms with Crippen LogP contribution in [0.15, 0.2) is 35.9 Å². The second kappa shape index (κ2) is 9.97. The molecule has 5 aliphatic carbocycles. The highest BCUT2D eigenvalue weighted by Crippen LogP contribution is 2.60. The van der Waals surface area contributed by atoms with Gasteiger partial charge in [-0.25, -0.2) is 4.90 Å². The zero-order valence-electron chi connectivity index (χ0n) is 22.4. The lowest BCUT2D eigenvalue weighted by Gasteiger charge is -2.57. The molecule has 5 fully saturated rings. The van der Waals surface area contributed by atoms with Crippen molar-refractivity contribution in [1.82, 2.24) is 4.90 Å². The first-order valence-corrected chi connectivity index (χ1v) is 14.5. The highest BCUT2D eigenvalue weighted by molar-refractivity contribution is 6.23. The van der Waals surface area contributed by atoms with Crippen molar-refractivity contribution in [3.05, 3.63) is 35.9 Å². The Balaban J connectivity index is 1.26. The molecule has 1 unspecified atom stereocenters. The molecule has 6 aliphatic rings. The number of carbonyl (C=O) groups excluding carboxylic acids is 4. The third-order valence-electron chi connectivity index (χ3n) is 9.76. The molecule has 1 aromatic rings. The van der Waals surface area contributed by atoms with E-state index >= 15 is 0 Å². The number of rotatable bonds is 7. The standard InChI is InChI=1S/C31H39N3O4/c1-20(35)32-25-7-9-26(10-8-25)34-28(36)16-27(29(34)37)33(12-11-21-5-3-2-4-6-21)30(38)31-17-22-13-23(18-31)15-24(14-22)19-31/h5,7-10,22-24,27H,2-4,6,11-19H2,1H3,(H,32,35). The number of allylic oxidation sites excluding steroid dienone is 1. The van der Waals surface area contributed by atoms with Crippen molar-refractivity contribution in [2.45, 2.75) is 90.0 Å². The molecule has 7 rings (SSSR count). The molecule has 202 valence electrons. The predicted molar refractivity (Wildman–Crippen MR) is 145 cm³/mol. The highest BCUT2D eigenvalue weighted by Gasteiger charge is 2.57. The van der Waals surface area contributed by atoms with Gasteiger partial charge in [0.25, 0.3) is 5.91 Å². The van der Waals surface area contributed by atoms with Gasteiger partial charge in [-0.2, -0.15) is 0 Å². The fraction of sp³-hybridized carbons (Fsp3) is 0.613. The highest BCUT2D eigenvalue weighted by atomic mass is 16.2. The van der Waals surface area contributed by atoms with E-state index in [0.717, 1.165) is 38.5 Å². The van der Waals surface area contributed by atoms with Gasteiger partial charge in [0, 0.05) is 19.2 Å². The molecule has 1 aliphatic heterocycles. The van der Waals surface area contributed by atoms with Crippen molar-refractivity contribution in [3.8, 4) is 0 Å². The van der Waals surface area contributed by atoms with Crippen LogP contribution in [0.5, 0.6) is 0 Å². The predicted octanol–water partition coefficient (Wildman–Crippen LogP) is 5.21.